The number of rotatable bonds is 3. The second kappa shape index (κ2) is 5.93. The van der Waals surface area contributed by atoms with Gasteiger partial charge >= 0.3 is 0 Å². The van der Waals surface area contributed by atoms with Crippen LogP contribution < -0.4 is 0 Å². The SMILES string of the molecule is c1ccc(-c2nnnn2-c2ccc(-c3nc4ccccc4o3)cc2)cc1. The molecule has 0 aliphatic rings. The molecule has 0 spiro atoms. The van der Waals surface area contributed by atoms with Crippen LogP contribution in [0, 0.1) is 0 Å². The molecule has 6 heteroatoms. The van der Waals surface area contributed by atoms with Crippen LogP contribution in [0.2, 0.25) is 0 Å². The smallest absolute Gasteiger partial charge is 0.227 e. The van der Waals surface area contributed by atoms with E-state index < -0.39 is 0 Å². The molecule has 124 valence electrons. The second-order valence-electron chi connectivity index (χ2n) is 5.81. The van der Waals surface area contributed by atoms with Gasteiger partial charge in [-0.25, -0.2) is 4.98 Å². The van der Waals surface area contributed by atoms with E-state index in [-0.39, 0.29) is 0 Å². The Balaban J connectivity index is 1.52. The van der Waals surface area contributed by atoms with Crippen molar-refractivity contribution in [3.63, 3.8) is 0 Å². The zero-order valence-electron chi connectivity index (χ0n) is 13.6. The molecule has 0 aliphatic heterocycles. The molecule has 0 amide bonds. The summed E-state index contributed by atoms with van der Waals surface area (Å²) >= 11 is 0. The molecule has 2 heterocycles. The van der Waals surface area contributed by atoms with Crippen LogP contribution in [0.3, 0.4) is 0 Å². The zero-order chi connectivity index (χ0) is 17.3. The minimum absolute atomic E-state index is 0.595. The van der Waals surface area contributed by atoms with Crippen molar-refractivity contribution < 1.29 is 4.42 Å². The van der Waals surface area contributed by atoms with E-state index >= 15 is 0 Å². The summed E-state index contributed by atoms with van der Waals surface area (Å²) in [6.07, 6.45) is 0. The largest absolute Gasteiger partial charge is 0.436 e. The molecule has 3 aromatic carbocycles. The normalized spacial score (nSPS) is 11.1. The molecule has 0 saturated carbocycles. The number of nitrogens with zero attached hydrogens (tertiary/aromatic N) is 5. The van der Waals surface area contributed by atoms with Crippen molar-refractivity contribution in [3.05, 3.63) is 78.9 Å². The highest BCUT2D eigenvalue weighted by Gasteiger charge is 2.12. The Bertz CT molecular complexity index is 1140. The minimum Gasteiger partial charge on any atom is -0.436 e. The highest BCUT2D eigenvalue weighted by molar-refractivity contribution is 5.76. The van der Waals surface area contributed by atoms with Gasteiger partial charge in [-0.1, -0.05) is 42.5 Å². The van der Waals surface area contributed by atoms with Crippen molar-refractivity contribution in [2.45, 2.75) is 0 Å². The summed E-state index contributed by atoms with van der Waals surface area (Å²) in [5, 5.41) is 12.1. The van der Waals surface area contributed by atoms with Gasteiger partial charge in [0.1, 0.15) is 5.52 Å². The third kappa shape index (κ3) is 2.44. The predicted molar refractivity (Wildman–Crippen MR) is 97.6 cm³/mol. The van der Waals surface area contributed by atoms with Crippen LogP contribution in [0.5, 0.6) is 0 Å². The number of para-hydroxylation sites is 2. The van der Waals surface area contributed by atoms with Gasteiger partial charge in [-0.15, -0.1) is 5.10 Å². The van der Waals surface area contributed by atoms with Crippen LogP contribution in [-0.2, 0) is 0 Å². The van der Waals surface area contributed by atoms with Gasteiger partial charge in [0.05, 0.1) is 5.69 Å². The van der Waals surface area contributed by atoms with E-state index in [9.17, 15) is 0 Å². The van der Waals surface area contributed by atoms with E-state index in [4.69, 9.17) is 4.42 Å². The molecule has 0 saturated heterocycles. The molecule has 0 unspecified atom stereocenters. The van der Waals surface area contributed by atoms with Crippen molar-refractivity contribution in [1.82, 2.24) is 25.2 Å². The van der Waals surface area contributed by atoms with Gasteiger partial charge in [0.2, 0.25) is 5.89 Å². The summed E-state index contributed by atoms with van der Waals surface area (Å²) in [5.41, 5.74) is 4.35. The van der Waals surface area contributed by atoms with Crippen LogP contribution in [0.4, 0.5) is 0 Å². The predicted octanol–water partition coefficient (Wildman–Crippen LogP) is 4.14. The molecular formula is C20H13N5O. The van der Waals surface area contributed by atoms with Gasteiger partial charge in [0, 0.05) is 11.1 Å². The lowest BCUT2D eigenvalue weighted by atomic mass is 10.2. The van der Waals surface area contributed by atoms with Gasteiger partial charge in [0.15, 0.2) is 11.4 Å². The second-order valence-corrected chi connectivity index (χ2v) is 5.81. The summed E-state index contributed by atoms with van der Waals surface area (Å²) < 4.78 is 7.53. The van der Waals surface area contributed by atoms with E-state index in [2.05, 4.69) is 20.5 Å². The van der Waals surface area contributed by atoms with Crippen LogP contribution in [0.1, 0.15) is 0 Å². The first-order chi connectivity index (χ1) is 12.9. The van der Waals surface area contributed by atoms with Gasteiger partial charge in [0.25, 0.3) is 0 Å². The van der Waals surface area contributed by atoms with E-state index in [1.165, 1.54) is 0 Å². The fourth-order valence-electron chi connectivity index (χ4n) is 2.87. The van der Waals surface area contributed by atoms with E-state index in [0.717, 1.165) is 27.9 Å². The van der Waals surface area contributed by atoms with Gasteiger partial charge in [-0.3, -0.25) is 0 Å². The Hall–Kier alpha value is -3.80. The number of hydrogen-bond acceptors (Lipinski definition) is 5. The minimum atomic E-state index is 0.595. The summed E-state index contributed by atoms with van der Waals surface area (Å²) in [5.74, 6) is 1.29. The molecule has 2 aromatic heterocycles. The number of fused-ring (bicyclic) bond motifs is 1. The molecule has 0 bridgehead atoms. The van der Waals surface area contributed by atoms with Crippen molar-refractivity contribution >= 4 is 11.1 Å². The molecular weight excluding hydrogens is 326 g/mol. The molecule has 0 N–H and O–H groups in total. The van der Waals surface area contributed by atoms with Crippen molar-refractivity contribution in [2.75, 3.05) is 0 Å². The van der Waals surface area contributed by atoms with Gasteiger partial charge in [-0.05, 0) is 46.8 Å². The average molecular weight is 339 g/mol. The maximum Gasteiger partial charge on any atom is 0.227 e. The lowest BCUT2D eigenvalue weighted by molar-refractivity contribution is 0.620. The number of tetrazole rings is 1. The first-order valence-electron chi connectivity index (χ1n) is 8.19. The maximum absolute atomic E-state index is 5.82. The topological polar surface area (TPSA) is 69.6 Å². The molecule has 5 aromatic rings. The van der Waals surface area contributed by atoms with Crippen molar-refractivity contribution in [1.29, 1.82) is 0 Å². The van der Waals surface area contributed by atoms with Crippen LogP contribution in [-0.4, -0.2) is 25.2 Å². The number of aromatic nitrogens is 5. The molecule has 5 rings (SSSR count). The fourth-order valence-corrected chi connectivity index (χ4v) is 2.87. The molecule has 0 fully saturated rings. The van der Waals surface area contributed by atoms with E-state index in [1.807, 2.05) is 78.9 Å². The maximum atomic E-state index is 5.82. The highest BCUT2D eigenvalue weighted by atomic mass is 16.3. The lowest BCUT2D eigenvalue weighted by Crippen LogP contribution is -1.99. The lowest BCUT2D eigenvalue weighted by Gasteiger charge is -2.05. The average Bonchev–Trinajstić information content (AvgIpc) is 3.36. The molecule has 0 atom stereocenters. The summed E-state index contributed by atoms with van der Waals surface area (Å²) in [6, 6.07) is 25.4. The summed E-state index contributed by atoms with van der Waals surface area (Å²) in [4.78, 5) is 4.53. The Morgan fingerprint density at radius 2 is 1.50 bits per heavy atom. The summed E-state index contributed by atoms with van der Waals surface area (Å²) in [6.45, 7) is 0. The third-order valence-electron chi connectivity index (χ3n) is 4.15. The van der Waals surface area contributed by atoms with E-state index in [0.29, 0.717) is 11.7 Å². The fraction of sp³-hybridized carbons (Fsp3) is 0. The standard InChI is InChI=1S/C20H13N5O/c1-2-6-14(7-3-1)19-22-23-24-25(19)16-12-10-15(11-13-16)20-21-17-8-4-5-9-18(17)26-20/h1-13H. The quantitative estimate of drug-likeness (QED) is 0.494. The summed E-state index contributed by atoms with van der Waals surface area (Å²) in [7, 11) is 0. The van der Waals surface area contributed by atoms with E-state index in [1.54, 1.807) is 4.68 Å². The van der Waals surface area contributed by atoms with Crippen LogP contribution in [0.25, 0.3) is 39.6 Å². The first-order valence-corrected chi connectivity index (χ1v) is 8.19. The Kier molecular flexibility index (Phi) is 3.31. The highest BCUT2D eigenvalue weighted by Crippen LogP contribution is 2.26. The van der Waals surface area contributed by atoms with Crippen molar-refractivity contribution in [2.24, 2.45) is 0 Å². The van der Waals surface area contributed by atoms with Crippen LogP contribution >= 0.6 is 0 Å². The number of benzene rings is 3. The molecule has 6 nitrogen and oxygen atoms in total. The number of oxazole rings is 1. The Morgan fingerprint density at radius 3 is 2.31 bits per heavy atom. The molecule has 26 heavy (non-hydrogen) atoms. The molecule has 0 radical (unpaired) electrons. The Labute approximate surface area is 148 Å². The third-order valence-corrected chi connectivity index (χ3v) is 4.15. The monoisotopic (exact) mass is 339 g/mol. The van der Waals surface area contributed by atoms with Gasteiger partial charge in [-0.2, -0.15) is 4.68 Å². The Morgan fingerprint density at radius 1 is 0.731 bits per heavy atom. The first kappa shape index (κ1) is 14.5. The molecule has 0 aliphatic carbocycles. The number of hydrogen-bond donors (Lipinski definition) is 0. The van der Waals surface area contributed by atoms with Crippen LogP contribution in [0.15, 0.2) is 83.3 Å². The van der Waals surface area contributed by atoms with Gasteiger partial charge < -0.3 is 4.42 Å². The zero-order valence-corrected chi connectivity index (χ0v) is 13.6. The van der Waals surface area contributed by atoms with Crippen molar-refractivity contribution in [3.8, 4) is 28.5 Å².